The highest BCUT2D eigenvalue weighted by molar-refractivity contribution is 5.95. The Hall–Kier alpha value is -3.85. The van der Waals surface area contributed by atoms with E-state index in [-0.39, 0.29) is 6.61 Å². The molecule has 0 aliphatic heterocycles. The van der Waals surface area contributed by atoms with Crippen molar-refractivity contribution in [2.24, 2.45) is 0 Å². The van der Waals surface area contributed by atoms with Crippen molar-refractivity contribution in [3.63, 3.8) is 0 Å². The second-order valence-electron chi connectivity index (χ2n) is 6.39. The summed E-state index contributed by atoms with van der Waals surface area (Å²) in [4.78, 5) is 17.1. The van der Waals surface area contributed by atoms with Gasteiger partial charge in [0, 0.05) is 29.4 Å². The maximum atomic E-state index is 12.6. The van der Waals surface area contributed by atoms with Crippen molar-refractivity contribution < 1.29 is 14.3 Å². The minimum Gasteiger partial charge on any atom is -0.497 e. The van der Waals surface area contributed by atoms with Crippen LogP contribution in [0.25, 0.3) is 16.4 Å². The molecule has 4 rings (SSSR count). The first-order valence-corrected chi connectivity index (χ1v) is 8.72. The van der Waals surface area contributed by atoms with Gasteiger partial charge >= 0.3 is 5.97 Å². The molecule has 6 heteroatoms. The van der Waals surface area contributed by atoms with Crippen molar-refractivity contribution in [2.75, 3.05) is 7.11 Å². The number of benzene rings is 1. The summed E-state index contributed by atoms with van der Waals surface area (Å²) in [6, 6.07) is 15.1. The largest absolute Gasteiger partial charge is 0.497 e. The number of carbonyl (C=O) groups excluding carboxylic acids is 1. The maximum Gasteiger partial charge on any atom is 0.340 e. The molecule has 1 aromatic carbocycles. The zero-order chi connectivity index (χ0) is 19.7. The van der Waals surface area contributed by atoms with E-state index in [1.807, 2.05) is 47.0 Å². The molecule has 6 nitrogen and oxygen atoms in total. The van der Waals surface area contributed by atoms with Gasteiger partial charge in [0.1, 0.15) is 18.4 Å². The summed E-state index contributed by atoms with van der Waals surface area (Å²) in [5.41, 5.74) is 3.69. The predicted molar refractivity (Wildman–Crippen MR) is 104 cm³/mol. The Morgan fingerprint density at radius 3 is 2.89 bits per heavy atom. The van der Waals surface area contributed by atoms with Crippen LogP contribution in [0.2, 0.25) is 0 Å². The summed E-state index contributed by atoms with van der Waals surface area (Å²) in [5, 5.41) is 10.3. The quantitative estimate of drug-likeness (QED) is 0.506. The van der Waals surface area contributed by atoms with Gasteiger partial charge in [-0.05, 0) is 37.3 Å². The predicted octanol–water partition coefficient (Wildman–Crippen LogP) is 4.03. The molecule has 4 aromatic rings. The minimum absolute atomic E-state index is 0.0174. The first-order valence-electron chi connectivity index (χ1n) is 8.72. The third-order valence-electron chi connectivity index (χ3n) is 4.67. The SMILES string of the molecule is COc1ccc2cc(C(=O)OCc3cn4ccccc4c3C#N)c(C)nc2c1. The summed E-state index contributed by atoms with van der Waals surface area (Å²) in [7, 11) is 1.60. The van der Waals surface area contributed by atoms with Gasteiger partial charge in [-0.25, -0.2) is 4.79 Å². The zero-order valence-corrected chi connectivity index (χ0v) is 15.5. The Balaban J connectivity index is 1.61. The molecular formula is C22H17N3O3. The van der Waals surface area contributed by atoms with E-state index in [1.165, 1.54) is 0 Å². The van der Waals surface area contributed by atoms with Crippen molar-refractivity contribution in [2.45, 2.75) is 13.5 Å². The summed E-state index contributed by atoms with van der Waals surface area (Å²) in [5.74, 6) is 0.237. The number of nitrogens with zero attached hydrogens (tertiary/aromatic N) is 3. The molecule has 3 heterocycles. The van der Waals surface area contributed by atoms with E-state index in [0.29, 0.717) is 28.1 Å². The average molecular weight is 371 g/mol. The van der Waals surface area contributed by atoms with Crippen molar-refractivity contribution in [3.05, 3.63) is 77.2 Å². The molecule has 28 heavy (non-hydrogen) atoms. The van der Waals surface area contributed by atoms with Gasteiger partial charge in [-0.3, -0.25) is 4.98 Å². The number of methoxy groups -OCH3 is 1. The van der Waals surface area contributed by atoms with Crippen LogP contribution >= 0.6 is 0 Å². The molecule has 3 aromatic heterocycles. The Bertz CT molecular complexity index is 1250. The monoisotopic (exact) mass is 371 g/mol. The number of aromatic nitrogens is 2. The molecule has 138 valence electrons. The highest BCUT2D eigenvalue weighted by Gasteiger charge is 2.16. The van der Waals surface area contributed by atoms with E-state index in [9.17, 15) is 10.1 Å². The molecule has 0 atom stereocenters. The minimum atomic E-state index is -0.470. The number of hydrogen-bond acceptors (Lipinski definition) is 5. The van der Waals surface area contributed by atoms with Crippen molar-refractivity contribution in [3.8, 4) is 11.8 Å². The Morgan fingerprint density at radius 2 is 2.11 bits per heavy atom. The van der Waals surface area contributed by atoms with Crippen LogP contribution in [0, 0.1) is 18.3 Å². The van der Waals surface area contributed by atoms with Crippen molar-refractivity contribution in [1.29, 1.82) is 5.26 Å². The van der Waals surface area contributed by atoms with E-state index in [2.05, 4.69) is 11.1 Å². The summed E-state index contributed by atoms with van der Waals surface area (Å²) in [6.07, 6.45) is 3.66. The summed E-state index contributed by atoms with van der Waals surface area (Å²) in [6.45, 7) is 1.78. The number of nitriles is 1. The standard InChI is InChI=1S/C22H17N3O3/c1-14-18(9-15-6-7-17(27-2)10-20(15)24-14)22(26)28-13-16-12-25-8-4-3-5-21(25)19(16)11-23/h3-10,12H,13H2,1-2H3. The molecular weight excluding hydrogens is 354 g/mol. The van der Waals surface area contributed by atoms with E-state index >= 15 is 0 Å². The molecule has 0 unspecified atom stereocenters. The Kier molecular flexibility index (Phi) is 4.42. The number of rotatable bonds is 4. The third kappa shape index (κ3) is 3.03. The molecule has 0 amide bonds. The lowest BCUT2D eigenvalue weighted by molar-refractivity contribution is 0.0471. The van der Waals surface area contributed by atoms with Gasteiger partial charge < -0.3 is 13.9 Å². The molecule has 0 radical (unpaired) electrons. The number of esters is 1. The van der Waals surface area contributed by atoms with E-state index in [4.69, 9.17) is 9.47 Å². The summed E-state index contributed by atoms with van der Waals surface area (Å²) < 4.78 is 12.6. The maximum absolute atomic E-state index is 12.6. The second-order valence-corrected chi connectivity index (χ2v) is 6.39. The van der Waals surface area contributed by atoms with Crippen LogP contribution in [-0.4, -0.2) is 22.5 Å². The summed E-state index contributed by atoms with van der Waals surface area (Å²) >= 11 is 0. The molecule has 0 spiro atoms. The highest BCUT2D eigenvalue weighted by atomic mass is 16.5. The first-order chi connectivity index (χ1) is 13.6. The molecule has 0 bridgehead atoms. The van der Waals surface area contributed by atoms with Gasteiger partial charge in [0.15, 0.2) is 0 Å². The lowest BCUT2D eigenvalue weighted by atomic mass is 10.1. The smallest absolute Gasteiger partial charge is 0.340 e. The van der Waals surface area contributed by atoms with Gasteiger partial charge in [0.25, 0.3) is 0 Å². The topological polar surface area (TPSA) is 76.6 Å². The first kappa shape index (κ1) is 17.6. The highest BCUT2D eigenvalue weighted by Crippen LogP contribution is 2.23. The number of fused-ring (bicyclic) bond motifs is 2. The average Bonchev–Trinajstić information content (AvgIpc) is 3.08. The Morgan fingerprint density at radius 1 is 1.25 bits per heavy atom. The molecule has 0 aliphatic rings. The fraction of sp³-hybridized carbons (Fsp3) is 0.136. The van der Waals surface area contributed by atoms with Gasteiger partial charge in [0.05, 0.1) is 35.0 Å². The van der Waals surface area contributed by atoms with Crippen LogP contribution in [0.5, 0.6) is 5.75 Å². The Labute approximate surface area is 161 Å². The molecule has 0 saturated heterocycles. The lowest BCUT2D eigenvalue weighted by Gasteiger charge is -2.09. The van der Waals surface area contributed by atoms with E-state index < -0.39 is 5.97 Å². The third-order valence-corrected chi connectivity index (χ3v) is 4.67. The van der Waals surface area contributed by atoms with Crippen LogP contribution in [0.15, 0.2) is 54.9 Å². The van der Waals surface area contributed by atoms with Crippen LogP contribution < -0.4 is 4.74 Å². The second kappa shape index (κ2) is 7.05. The van der Waals surface area contributed by atoms with Crippen LogP contribution in [0.1, 0.15) is 27.2 Å². The molecule has 0 N–H and O–H groups in total. The number of ether oxygens (including phenoxy) is 2. The van der Waals surface area contributed by atoms with E-state index in [0.717, 1.165) is 16.4 Å². The van der Waals surface area contributed by atoms with Crippen LogP contribution in [-0.2, 0) is 11.3 Å². The number of hydrogen-bond donors (Lipinski definition) is 0. The van der Waals surface area contributed by atoms with Gasteiger partial charge in [-0.2, -0.15) is 5.26 Å². The fourth-order valence-electron chi connectivity index (χ4n) is 3.21. The lowest BCUT2D eigenvalue weighted by Crippen LogP contribution is -2.08. The molecule has 0 fully saturated rings. The number of carbonyl (C=O) groups is 1. The number of aryl methyl sites for hydroxylation is 1. The van der Waals surface area contributed by atoms with E-state index in [1.54, 1.807) is 26.3 Å². The molecule has 0 aliphatic carbocycles. The van der Waals surface area contributed by atoms with Gasteiger partial charge in [0.2, 0.25) is 0 Å². The van der Waals surface area contributed by atoms with Gasteiger partial charge in [-0.15, -0.1) is 0 Å². The van der Waals surface area contributed by atoms with Gasteiger partial charge in [-0.1, -0.05) is 6.07 Å². The van der Waals surface area contributed by atoms with Crippen LogP contribution in [0.3, 0.4) is 0 Å². The fourth-order valence-corrected chi connectivity index (χ4v) is 3.21. The van der Waals surface area contributed by atoms with Crippen molar-refractivity contribution in [1.82, 2.24) is 9.38 Å². The van der Waals surface area contributed by atoms with Crippen LogP contribution in [0.4, 0.5) is 0 Å². The van der Waals surface area contributed by atoms with Crippen molar-refractivity contribution >= 4 is 22.4 Å². The molecule has 0 saturated carbocycles. The normalized spacial score (nSPS) is 10.8. The zero-order valence-electron chi connectivity index (χ0n) is 15.5. The number of pyridine rings is 2.